The van der Waals surface area contributed by atoms with Gasteiger partial charge >= 0.3 is 5.97 Å². The minimum absolute atomic E-state index is 0.0296. The predicted molar refractivity (Wildman–Crippen MR) is 130 cm³/mol. The van der Waals surface area contributed by atoms with E-state index in [-0.39, 0.29) is 23.4 Å². The highest BCUT2D eigenvalue weighted by Gasteiger charge is 2.57. The second kappa shape index (κ2) is 9.77. The standard InChI is InChI=1S/C28H35ClO5/c1-19(29)10-13-27(11-5-12-27)25(30)9-8-22-23-18-28(32-14-15-33-28)17-21(23)16-24(22)34-26(31)20-6-3-2-4-7-20/h2-4,6-10,21-25,30H,5,11-18H2,1H3/b9-8+,19-10-/t21-,22-,23+,24-,25-/m1/s1. The Kier molecular flexibility index (Phi) is 6.91. The molecule has 1 aromatic rings. The van der Waals surface area contributed by atoms with Gasteiger partial charge in [0.15, 0.2) is 5.79 Å². The maximum Gasteiger partial charge on any atom is 0.338 e. The molecule has 3 saturated carbocycles. The van der Waals surface area contributed by atoms with Gasteiger partial charge in [0.25, 0.3) is 0 Å². The van der Waals surface area contributed by atoms with E-state index in [4.69, 9.17) is 25.8 Å². The highest BCUT2D eigenvalue weighted by Crippen LogP contribution is 2.56. The maximum atomic E-state index is 12.9. The Morgan fingerprint density at radius 2 is 1.97 bits per heavy atom. The van der Waals surface area contributed by atoms with Crippen molar-refractivity contribution in [2.75, 3.05) is 13.2 Å². The van der Waals surface area contributed by atoms with Crippen molar-refractivity contribution in [2.24, 2.45) is 23.2 Å². The van der Waals surface area contributed by atoms with Crippen LogP contribution in [-0.2, 0) is 14.2 Å². The van der Waals surface area contributed by atoms with Gasteiger partial charge in [0.2, 0.25) is 0 Å². The van der Waals surface area contributed by atoms with Gasteiger partial charge in [0, 0.05) is 29.2 Å². The van der Waals surface area contributed by atoms with Crippen LogP contribution in [-0.4, -0.2) is 42.3 Å². The molecule has 1 saturated heterocycles. The minimum atomic E-state index is -0.549. The number of fused-ring (bicyclic) bond motifs is 1. The van der Waals surface area contributed by atoms with Gasteiger partial charge < -0.3 is 19.3 Å². The molecule has 4 aliphatic rings. The van der Waals surface area contributed by atoms with Gasteiger partial charge in [-0.15, -0.1) is 0 Å². The number of benzene rings is 1. The van der Waals surface area contributed by atoms with E-state index in [1.165, 1.54) is 0 Å². The summed E-state index contributed by atoms with van der Waals surface area (Å²) < 4.78 is 18.1. The molecule has 0 unspecified atom stereocenters. The van der Waals surface area contributed by atoms with Gasteiger partial charge in [-0.3, -0.25) is 0 Å². The molecule has 0 radical (unpaired) electrons. The van der Waals surface area contributed by atoms with E-state index < -0.39 is 11.9 Å². The van der Waals surface area contributed by atoms with Crippen molar-refractivity contribution in [3.63, 3.8) is 0 Å². The SMILES string of the molecule is C/C(Cl)=C/CC1([C@H](O)/C=C/[C@@H]2[C@H]3CC4(C[C@H]3C[C@H]2OC(=O)c2ccccc2)OCCO4)CCC1. The van der Waals surface area contributed by atoms with Crippen LogP contribution in [0.1, 0.15) is 62.2 Å². The number of rotatable bonds is 7. The second-order valence-electron chi connectivity index (χ2n) is 10.6. The first-order valence-electron chi connectivity index (χ1n) is 12.6. The summed E-state index contributed by atoms with van der Waals surface area (Å²) in [6.45, 7) is 3.16. The van der Waals surface area contributed by atoms with Crippen molar-refractivity contribution in [2.45, 2.75) is 69.9 Å². The fourth-order valence-electron chi connectivity index (χ4n) is 6.54. The molecule has 1 heterocycles. The molecule has 6 heteroatoms. The van der Waals surface area contributed by atoms with Crippen LogP contribution >= 0.6 is 11.6 Å². The molecule has 1 spiro atoms. The van der Waals surface area contributed by atoms with Crippen LogP contribution in [0.3, 0.4) is 0 Å². The Hall–Kier alpha value is -1.66. The lowest BCUT2D eigenvalue weighted by Crippen LogP contribution is -2.40. The summed E-state index contributed by atoms with van der Waals surface area (Å²) in [7, 11) is 0. The molecule has 1 N–H and O–H groups in total. The smallest absolute Gasteiger partial charge is 0.338 e. The lowest BCUT2D eigenvalue weighted by Gasteiger charge is -2.44. The minimum Gasteiger partial charge on any atom is -0.458 e. The molecule has 0 amide bonds. The van der Waals surface area contributed by atoms with Crippen molar-refractivity contribution < 1.29 is 24.1 Å². The second-order valence-corrected chi connectivity index (χ2v) is 11.2. The zero-order valence-electron chi connectivity index (χ0n) is 19.8. The Morgan fingerprint density at radius 1 is 1.24 bits per heavy atom. The maximum absolute atomic E-state index is 12.9. The first-order valence-corrected chi connectivity index (χ1v) is 13.0. The third-order valence-electron chi connectivity index (χ3n) is 8.55. The van der Waals surface area contributed by atoms with E-state index in [1.54, 1.807) is 12.1 Å². The van der Waals surface area contributed by atoms with Crippen LogP contribution in [0.2, 0.25) is 0 Å². The Balaban J connectivity index is 1.34. The van der Waals surface area contributed by atoms with Crippen LogP contribution in [0.15, 0.2) is 53.6 Å². The van der Waals surface area contributed by atoms with Gasteiger partial charge in [-0.2, -0.15) is 0 Å². The highest BCUT2D eigenvalue weighted by atomic mass is 35.5. The molecule has 5 nitrogen and oxygen atoms in total. The third kappa shape index (κ3) is 4.73. The van der Waals surface area contributed by atoms with E-state index in [2.05, 4.69) is 6.08 Å². The molecular weight excluding hydrogens is 452 g/mol. The van der Waals surface area contributed by atoms with E-state index in [0.717, 1.165) is 50.0 Å². The molecule has 5 rings (SSSR count). The normalized spacial score (nSPS) is 32.6. The summed E-state index contributed by atoms with van der Waals surface area (Å²) in [5.41, 5.74) is 0.424. The molecular formula is C28H35ClO5. The van der Waals surface area contributed by atoms with Crippen molar-refractivity contribution in [1.29, 1.82) is 0 Å². The highest BCUT2D eigenvalue weighted by molar-refractivity contribution is 6.29. The number of aliphatic hydroxyl groups excluding tert-OH is 1. The lowest BCUT2D eigenvalue weighted by atomic mass is 9.63. The molecule has 34 heavy (non-hydrogen) atoms. The fraction of sp³-hybridized carbons (Fsp3) is 0.607. The van der Waals surface area contributed by atoms with Crippen LogP contribution in [0.4, 0.5) is 0 Å². The number of aliphatic hydroxyl groups is 1. The predicted octanol–water partition coefficient (Wildman–Crippen LogP) is 5.62. The lowest BCUT2D eigenvalue weighted by molar-refractivity contribution is -0.157. The van der Waals surface area contributed by atoms with Crippen LogP contribution in [0, 0.1) is 23.2 Å². The van der Waals surface area contributed by atoms with Crippen molar-refractivity contribution >= 4 is 17.6 Å². The van der Waals surface area contributed by atoms with Crippen molar-refractivity contribution in [1.82, 2.24) is 0 Å². The number of hydrogen-bond acceptors (Lipinski definition) is 5. The number of esters is 1. The van der Waals surface area contributed by atoms with Gasteiger partial charge in [-0.05, 0) is 56.6 Å². The zero-order valence-corrected chi connectivity index (χ0v) is 20.6. The summed E-state index contributed by atoms with van der Waals surface area (Å²) in [5.74, 6) is -0.0603. The van der Waals surface area contributed by atoms with Gasteiger partial charge in [0.1, 0.15) is 6.10 Å². The van der Waals surface area contributed by atoms with Gasteiger partial charge in [-0.25, -0.2) is 4.79 Å². The molecule has 0 aromatic heterocycles. The summed E-state index contributed by atoms with van der Waals surface area (Å²) in [6.07, 6.45) is 11.7. The zero-order chi connectivity index (χ0) is 23.8. The average Bonchev–Trinajstić information content (AvgIpc) is 3.47. The summed E-state index contributed by atoms with van der Waals surface area (Å²) in [5, 5.41) is 11.9. The average molecular weight is 487 g/mol. The molecule has 3 aliphatic carbocycles. The van der Waals surface area contributed by atoms with Crippen LogP contribution in [0.25, 0.3) is 0 Å². The quantitative estimate of drug-likeness (QED) is 0.400. The molecule has 1 aliphatic heterocycles. The number of carbonyl (C=O) groups excluding carboxylic acids is 1. The van der Waals surface area contributed by atoms with Crippen molar-refractivity contribution in [3.8, 4) is 0 Å². The number of ether oxygens (including phenoxy) is 3. The summed E-state index contributed by atoms with van der Waals surface area (Å²) >= 11 is 6.08. The number of halogens is 1. The van der Waals surface area contributed by atoms with Gasteiger partial charge in [-0.1, -0.05) is 54.4 Å². The van der Waals surface area contributed by atoms with E-state index in [0.29, 0.717) is 30.6 Å². The first kappa shape index (κ1) is 24.1. The molecule has 5 atom stereocenters. The Labute approximate surface area is 207 Å². The van der Waals surface area contributed by atoms with Gasteiger partial charge in [0.05, 0.1) is 24.9 Å². The van der Waals surface area contributed by atoms with Crippen LogP contribution in [0.5, 0.6) is 0 Å². The molecule has 0 bridgehead atoms. The third-order valence-corrected chi connectivity index (χ3v) is 8.70. The topological polar surface area (TPSA) is 65.0 Å². The molecule has 4 fully saturated rings. The summed E-state index contributed by atoms with van der Waals surface area (Å²) in [6, 6.07) is 9.16. The number of hydrogen-bond donors (Lipinski definition) is 1. The van der Waals surface area contributed by atoms with Crippen molar-refractivity contribution in [3.05, 3.63) is 59.2 Å². The monoisotopic (exact) mass is 486 g/mol. The van der Waals surface area contributed by atoms with Crippen LogP contribution < -0.4 is 0 Å². The van der Waals surface area contributed by atoms with E-state index >= 15 is 0 Å². The number of carbonyl (C=O) groups is 1. The largest absolute Gasteiger partial charge is 0.458 e. The van der Waals surface area contributed by atoms with E-state index in [9.17, 15) is 9.90 Å². The fourth-order valence-corrected chi connectivity index (χ4v) is 6.62. The summed E-state index contributed by atoms with van der Waals surface area (Å²) in [4.78, 5) is 12.9. The Bertz CT molecular complexity index is 927. The number of allylic oxidation sites excluding steroid dienone is 2. The first-order chi connectivity index (χ1) is 16.4. The Morgan fingerprint density at radius 3 is 2.62 bits per heavy atom. The molecule has 184 valence electrons. The van der Waals surface area contributed by atoms with E-state index in [1.807, 2.05) is 37.3 Å². The molecule has 1 aromatic carbocycles.